The smallest absolute Gasteiger partial charge is 0.164 e. The number of fused-ring (bicyclic) bond motifs is 1. The van der Waals surface area contributed by atoms with E-state index in [0.717, 1.165) is 60.8 Å². The summed E-state index contributed by atoms with van der Waals surface area (Å²) in [4.78, 5) is 30.2. The molecule has 9 aromatic carbocycles. The lowest BCUT2D eigenvalue weighted by atomic mass is 9.87. The van der Waals surface area contributed by atoms with E-state index in [1.807, 2.05) is 200 Å². The molecule has 11 rings (SSSR count). The fourth-order valence-corrected chi connectivity index (χ4v) is 8.62. The Hall–Kier alpha value is -9.76. The van der Waals surface area contributed by atoms with Gasteiger partial charge in [-0.3, -0.25) is 0 Å². The zero-order valence-electron chi connectivity index (χ0n) is 36.4. The molecule has 0 saturated heterocycles. The highest BCUT2D eigenvalue weighted by Crippen LogP contribution is 2.41. The summed E-state index contributed by atoms with van der Waals surface area (Å²) in [5.41, 5.74) is 10.9. The van der Waals surface area contributed by atoms with Gasteiger partial charge >= 0.3 is 0 Å². The van der Waals surface area contributed by atoms with Gasteiger partial charge in [0.15, 0.2) is 34.9 Å². The van der Waals surface area contributed by atoms with Gasteiger partial charge < -0.3 is 0 Å². The van der Waals surface area contributed by atoms with Crippen LogP contribution in [0.15, 0.2) is 218 Å². The summed E-state index contributed by atoms with van der Waals surface area (Å²) in [6.07, 6.45) is 0. The number of rotatable bonds is 9. The summed E-state index contributed by atoms with van der Waals surface area (Å²) in [5, 5.41) is 23.2. The number of nitriles is 2. The Balaban J connectivity index is 1.08. The van der Waals surface area contributed by atoms with Crippen molar-refractivity contribution in [2.45, 2.75) is 0 Å². The molecule has 316 valence electrons. The van der Waals surface area contributed by atoms with Crippen molar-refractivity contribution in [1.82, 2.24) is 29.9 Å². The van der Waals surface area contributed by atoms with Gasteiger partial charge in [-0.2, -0.15) is 10.5 Å². The largest absolute Gasteiger partial charge is 0.208 e. The van der Waals surface area contributed by atoms with Gasteiger partial charge in [0.2, 0.25) is 0 Å². The molecule has 0 unspecified atom stereocenters. The number of nitrogens with zero attached hydrogens (tertiary/aromatic N) is 8. The summed E-state index contributed by atoms with van der Waals surface area (Å²) in [6, 6.07) is 76.3. The molecule has 0 fully saturated rings. The Labute approximate surface area is 392 Å². The Bertz CT molecular complexity index is 3690. The van der Waals surface area contributed by atoms with Crippen molar-refractivity contribution >= 4 is 10.8 Å². The lowest BCUT2D eigenvalue weighted by molar-refractivity contribution is 1.07. The maximum Gasteiger partial charge on any atom is 0.164 e. The molecular weight excluding hydrogens is 833 g/mol. The van der Waals surface area contributed by atoms with Crippen LogP contribution in [0, 0.1) is 22.7 Å². The van der Waals surface area contributed by atoms with Gasteiger partial charge in [0.1, 0.15) is 0 Å². The van der Waals surface area contributed by atoms with Gasteiger partial charge in [0.25, 0.3) is 0 Å². The maximum absolute atomic E-state index is 10.7. The number of aromatic nitrogens is 6. The molecule has 0 radical (unpaired) electrons. The van der Waals surface area contributed by atoms with E-state index < -0.39 is 0 Å². The van der Waals surface area contributed by atoms with E-state index in [2.05, 4.69) is 30.3 Å². The molecule has 0 spiro atoms. The van der Waals surface area contributed by atoms with Crippen LogP contribution in [0.2, 0.25) is 0 Å². The van der Waals surface area contributed by atoms with Crippen LogP contribution in [0.1, 0.15) is 11.1 Å². The third kappa shape index (κ3) is 7.92. The second kappa shape index (κ2) is 18.0. The Morgan fingerprint density at radius 2 is 0.588 bits per heavy atom. The molecule has 0 amide bonds. The third-order valence-electron chi connectivity index (χ3n) is 11.9. The van der Waals surface area contributed by atoms with E-state index in [0.29, 0.717) is 62.8 Å². The minimum Gasteiger partial charge on any atom is -0.208 e. The van der Waals surface area contributed by atoms with Gasteiger partial charge in [-0.1, -0.05) is 182 Å². The van der Waals surface area contributed by atoms with Crippen molar-refractivity contribution < 1.29 is 0 Å². The number of benzene rings is 9. The van der Waals surface area contributed by atoms with Crippen molar-refractivity contribution in [3.63, 3.8) is 0 Å². The molecule has 0 aliphatic rings. The predicted octanol–water partition coefficient (Wildman–Crippen LogP) is 14.0. The molecule has 68 heavy (non-hydrogen) atoms. The van der Waals surface area contributed by atoms with Crippen LogP contribution >= 0.6 is 0 Å². The minimum absolute atomic E-state index is 0.462. The van der Waals surface area contributed by atoms with E-state index in [4.69, 9.17) is 29.9 Å². The van der Waals surface area contributed by atoms with E-state index >= 15 is 0 Å². The lowest BCUT2D eigenvalue weighted by Gasteiger charge is -2.16. The normalized spacial score (nSPS) is 10.9. The first-order valence-electron chi connectivity index (χ1n) is 22.1. The number of hydrogen-bond acceptors (Lipinski definition) is 8. The van der Waals surface area contributed by atoms with Crippen molar-refractivity contribution in [3.8, 4) is 114 Å². The SMILES string of the molecule is N#Cc1ccc(-c2nc(-c3ccccc3)nc(-c3ccccc3)n2)cc1-c1cccc2cccc(-c3cc(-c4nc(-c5ccccc5)nc(-c5ccccc5-c5ccccc5)n4)ccc3C#N)c12. The summed E-state index contributed by atoms with van der Waals surface area (Å²) in [5.74, 6) is 3.07. The van der Waals surface area contributed by atoms with Crippen molar-refractivity contribution in [3.05, 3.63) is 230 Å². The maximum atomic E-state index is 10.7. The molecule has 0 saturated carbocycles. The lowest BCUT2D eigenvalue weighted by Crippen LogP contribution is -2.01. The minimum atomic E-state index is 0.462. The van der Waals surface area contributed by atoms with Crippen LogP contribution in [0.3, 0.4) is 0 Å². The second-order valence-electron chi connectivity index (χ2n) is 16.1. The Morgan fingerprint density at radius 3 is 1.00 bits per heavy atom. The molecule has 8 nitrogen and oxygen atoms in total. The molecule has 0 aliphatic heterocycles. The van der Waals surface area contributed by atoms with Gasteiger partial charge in [0.05, 0.1) is 23.3 Å². The summed E-state index contributed by atoms with van der Waals surface area (Å²) >= 11 is 0. The van der Waals surface area contributed by atoms with Gasteiger partial charge in [0, 0.05) is 44.5 Å². The van der Waals surface area contributed by atoms with E-state index in [1.54, 1.807) is 0 Å². The first kappa shape index (κ1) is 41.0. The van der Waals surface area contributed by atoms with Crippen LogP contribution in [0.25, 0.3) is 112 Å². The summed E-state index contributed by atoms with van der Waals surface area (Å²) in [7, 11) is 0. The second-order valence-corrected chi connectivity index (χ2v) is 16.1. The molecular formula is C60H36N8. The van der Waals surface area contributed by atoms with E-state index in [-0.39, 0.29) is 0 Å². The monoisotopic (exact) mass is 868 g/mol. The highest BCUT2D eigenvalue weighted by atomic mass is 15.0. The van der Waals surface area contributed by atoms with Gasteiger partial charge in [-0.15, -0.1) is 0 Å². The molecule has 2 heterocycles. The Morgan fingerprint density at radius 1 is 0.250 bits per heavy atom. The average molecular weight is 869 g/mol. The van der Waals surface area contributed by atoms with E-state index in [1.165, 1.54) is 0 Å². The van der Waals surface area contributed by atoms with Crippen molar-refractivity contribution in [1.29, 1.82) is 10.5 Å². The van der Waals surface area contributed by atoms with Crippen LogP contribution in [-0.2, 0) is 0 Å². The van der Waals surface area contributed by atoms with Crippen LogP contribution < -0.4 is 0 Å². The van der Waals surface area contributed by atoms with Crippen molar-refractivity contribution in [2.75, 3.05) is 0 Å². The zero-order valence-corrected chi connectivity index (χ0v) is 36.4. The van der Waals surface area contributed by atoms with Crippen molar-refractivity contribution in [2.24, 2.45) is 0 Å². The highest BCUT2D eigenvalue weighted by Gasteiger charge is 2.21. The predicted molar refractivity (Wildman–Crippen MR) is 269 cm³/mol. The first-order valence-corrected chi connectivity index (χ1v) is 22.1. The Kier molecular flexibility index (Phi) is 10.9. The van der Waals surface area contributed by atoms with Gasteiger partial charge in [-0.05, 0) is 69.4 Å². The molecule has 11 aromatic rings. The quantitative estimate of drug-likeness (QED) is 0.140. The highest BCUT2D eigenvalue weighted by molar-refractivity contribution is 6.08. The van der Waals surface area contributed by atoms with Crippen LogP contribution in [-0.4, -0.2) is 29.9 Å². The molecule has 0 atom stereocenters. The first-order chi connectivity index (χ1) is 33.6. The third-order valence-corrected chi connectivity index (χ3v) is 11.9. The molecule has 0 bridgehead atoms. The van der Waals surface area contributed by atoms with Crippen LogP contribution in [0.4, 0.5) is 0 Å². The van der Waals surface area contributed by atoms with Gasteiger partial charge in [-0.25, -0.2) is 29.9 Å². The molecule has 0 aliphatic carbocycles. The molecule has 0 N–H and O–H groups in total. The van der Waals surface area contributed by atoms with Crippen LogP contribution in [0.5, 0.6) is 0 Å². The number of hydrogen-bond donors (Lipinski definition) is 0. The fourth-order valence-electron chi connectivity index (χ4n) is 8.62. The molecule has 2 aromatic heterocycles. The van der Waals surface area contributed by atoms with E-state index in [9.17, 15) is 10.5 Å². The fraction of sp³-hybridized carbons (Fsp3) is 0. The standard InChI is InChI=1S/C60H36N8/c61-37-46-33-31-44(58-64-55(41-19-7-2-8-20-41)63-56(65-58)42-21-9-3-10-22-42)35-52(46)49-29-15-25-40-26-16-30-50(54(40)49)53-36-45(32-34-47(53)38-62)59-66-57(43-23-11-4-12-24-43)67-60(68-59)51-28-14-13-27-48(51)39-17-5-1-6-18-39/h1-36H. The zero-order chi connectivity index (χ0) is 45.8. The molecule has 8 heteroatoms. The summed E-state index contributed by atoms with van der Waals surface area (Å²) in [6.45, 7) is 0. The topological polar surface area (TPSA) is 125 Å². The summed E-state index contributed by atoms with van der Waals surface area (Å²) < 4.78 is 0. The average Bonchev–Trinajstić information content (AvgIpc) is 3.43.